The molecule has 0 spiro atoms. The number of nitriles is 1. The van der Waals surface area contributed by atoms with Crippen LogP contribution in [0.5, 0.6) is 5.75 Å². The summed E-state index contributed by atoms with van der Waals surface area (Å²) in [5, 5.41) is 50.0. The van der Waals surface area contributed by atoms with Gasteiger partial charge < -0.3 is 86.0 Å². The molecule has 1 unspecified atom stereocenters. The topological polar surface area (TPSA) is 351 Å². The number of likely N-dealkylation sites (N-methyl/N-ethyl adjacent to an activating group) is 3. The van der Waals surface area contributed by atoms with Gasteiger partial charge in [0.25, 0.3) is 11.8 Å². The van der Waals surface area contributed by atoms with Crippen LogP contribution in [0.15, 0.2) is 79.0 Å². The van der Waals surface area contributed by atoms with E-state index in [1.165, 1.54) is 16.7 Å². The third-order valence-electron chi connectivity index (χ3n) is 17.2. The summed E-state index contributed by atoms with van der Waals surface area (Å²) in [6.07, 6.45) is 6.04. The number of carboxylic acid groups (broad SMARTS) is 2. The van der Waals surface area contributed by atoms with Gasteiger partial charge in [0.2, 0.25) is 23.6 Å². The maximum absolute atomic E-state index is 13.8. The van der Waals surface area contributed by atoms with E-state index < -0.39 is 47.8 Å². The van der Waals surface area contributed by atoms with E-state index >= 15 is 0 Å². The van der Waals surface area contributed by atoms with Crippen LogP contribution in [0.2, 0.25) is 0 Å². The van der Waals surface area contributed by atoms with Crippen molar-refractivity contribution in [2.45, 2.75) is 102 Å². The number of halogens is 1. The van der Waals surface area contributed by atoms with Crippen LogP contribution in [0.1, 0.15) is 86.2 Å². The number of anilines is 1. The van der Waals surface area contributed by atoms with E-state index in [1.54, 1.807) is 24.3 Å². The van der Waals surface area contributed by atoms with Crippen molar-refractivity contribution in [3.63, 3.8) is 0 Å². The maximum atomic E-state index is 13.8. The van der Waals surface area contributed by atoms with Crippen LogP contribution in [0.4, 0.5) is 5.69 Å². The maximum Gasteiger partial charge on any atom is 0.326 e. The fraction of sp³-hybridized carbons (Fsp3) is 0.557. The Kier molecular flexibility index (Phi) is 36.7. The highest BCUT2D eigenvalue weighted by Crippen LogP contribution is 2.23. The summed E-state index contributed by atoms with van der Waals surface area (Å²) in [7, 11) is 4.25. The lowest BCUT2D eigenvalue weighted by atomic mass is 10.0. The monoisotopic (exact) mass is 1520 g/mol. The predicted molar refractivity (Wildman–Crippen MR) is 390 cm³/mol. The molecule has 4 aromatic rings. The molecular formula is C70H99IN14O14S. The van der Waals surface area contributed by atoms with Crippen LogP contribution in [0.25, 0.3) is 10.9 Å². The van der Waals surface area contributed by atoms with E-state index in [4.69, 9.17) is 31.2 Å². The van der Waals surface area contributed by atoms with Gasteiger partial charge in [-0.05, 0) is 167 Å². The first-order chi connectivity index (χ1) is 48.3. The summed E-state index contributed by atoms with van der Waals surface area (Å²) < 4.78 is 23.5. The number of likely N-dealkylation sites (tertiary alicyclic amines) is 1. The highest BCUT2D eigenvalue weighted by atomic mass is 127. The minimum absolute atomic E-state index is 0.0259. The molecule has 0 saturated carbocycles. The number of thiocarbonyl (C=S) groups is 1. The number of hydrogen-bond donors (Lipinski definition) is 9. The molecule has 3 heterocycles. The second kappa shape index (κ2) is 45.2. The number of pyridine rings is 1. The van der Waals surface area contributed by atoms with Gasteiger partial charge in [-0.1, -0.05) is 31.2 Å². The molecule has 6 rings (SSSR count). The third-order valence-corrected chi connectivity index (χ3v) is 18.1. The van der Waals surface area contributed by atoms with Crippen LogP contribution >= 0.6 is 34.8 Å². The van der Waals surface area contributed by atoms with Crippen molar-refractivity contribution in [2.24, 2.45) is 0 Å². The minimum Gasteiger partial charge on any atom is -0.484 e. The number of ether oxygens (including phenoxy) is 4. The molecule has 4 atom stereocenters. The minimum atomic E-state index is -1.23. The first-order valence-electron chi connectivity index (χ1n) is 34.3. The van der Waals surface area contributed by atoms with Crippen molar-refractivity contribution < 1.29 is 67.5 Å². The Labute approximate surface area is 604 Å². The van der Waals surface area contributed by atoms with Gasteiger partial charge in [-0.25, -0.2) is 4.79 Å². The van der Waals surface area contributed by atoms with Gasteiger partial charge in [0.15, 0.2) is 11.7 Å². The number of carbonyl (C=O) groups excluding carboxylic acids is 6. The predicted octanol–water partition coefficient (Wildman–Crippen LogP) is 3.26. The number of aliphatic carboxylic acids is 2. The number of rotatable bonds is 40. The van der Waals surface area contributed by atoms with Crippen LogP contribution < -0.4 is 42.0 Å². The molecule has 3 aromatic carbocycles. The first-order valence-corrected chi connectivity index (χ1v) is 35.8. The quantitative estimate of drug-likeness (QED) is 0.0175. The zero-order chi connectivity index (χ0) is 72.0. The van der Waals surface area contributed by atoms with Gasteiger partial charge >= 0.3 is 11.9 Å². The number of amides is 6. The van der Waals surface area contributed by atoms with Crippen molar-refractivity contribution in [3.05, 3.63) is 99.3 Å². The summed E-state index contributed by atoms with van der Waals surface area (Å²) in [6.45, 7) is 10.6. The number of nitrogens with zero attached hydrogens (tertiary/aromatic N) is 7. The van der Waals surface area contributed by atoms with Crippen molar-refractivity contribution in [1.82, 2.24) is 61.4 Å². The molecule has 0 radical (unpaired) electrons. The lowest BCUT2D eigenvalue weighted by Gasteiger charge is -2.36. The smallest absolute Gasteiger partial charge is 0.326 e. The molecule has 9 N–H and O–H groups in total. The molecule has 1 aromatic heterocycles. The average molecular weight is 1520 g/mol. The number of carbonyl (C=O) groups is 8. The van der Waals surface area contributed by atoms with Crippen molar-refractivity contribution in [3.8, 4) is 11.8 Å². The lowest BCUT2D eigenvalue weighted by Crippen LogP contribution is -2.51. The van der Waals surface area contributed by atoms with E-state index in [1.807, 2.05) is 41.3 Å². The van der Waals surface area contributed by atoms with Gasteiger partial charge in [0.1, 0.15) is 23.9 Å². The number of benzene rings is 3. The van der Waals surface area contributed by atoms with E-state index in [0.717, 1.165) is 66.9 Å². The number of fused-ring (bicyclic) bond motifs is 1. The second-order valence-corrected chi connectivity index (χ2v) is 26.4. The largest absolute Gasteiger partial charge is 0.484 e. The summed E-state index contributed by atoms with van der Waals surface area (Å²) in [6, 6.07) is 21.8. The van der Waals surface area contributed by atoms with Crippen LogP contribution in [0.3, 0.4) is 0 Å². The van der Waals surface area contributed by atoms with Gasteiger partial charge in [0.05, 0.1) is 76.3 Å². The molecule has 2 aliphatic rings. The van der Waals surface area contributed by atoms with Gasteiger partial charge in [-0.3, -0.25) is 43.4 Å². The highest BCUT2D eigenvalue weighted by molar-refractivity contribution is 14.1. The Morgan fingerprint density at radius 3 is 2.08 bits per heavy atom. The van der Waals surface area contributed by atoms with E-state index in [0.29, 0.717) is 92.2 Å². The molecule has 0 bridgehead atoms. The standard InChI is InChI=1S/C70H99IN14O14S/c1-4-83-34-35-84(48-66(90)91)33-31-81(2)30-32-82(3)55(47-83)42-50-15-19-53(20-16-50)78-70(100)76-26-8-5-11-59(68(93)80-60(69(94)95)12-6-7-25-74-63(87)43-51-13-17-52(71)18-14-51)79-62(86)24-36-96-38-40-98-41-39-97-37-28-75-64(88)49-99-56-21-22-57-58(23-27-73-61(57)44-56)67(92)77-46-65(89)85-29-9-10-54(85)45-72/h13-23,27,44,54-55,59-60H,4-12,24-26,28-43,46-49H2,1-3H3,(H,74,87)(H,75,88)(H,77,92)(H,79,86)(H,80,93)(H,90,91)(H,94,95)(H2,76,78,100)/t54-,55?,59+,60+/m1/s1. The molecule has 546 valence electrons. The van der Waals surface area contributed by atoms with Gasteiger partial charge in [-0.15, -0.1) is 0 Å². The highest BCUT2D eigenvalue weighted by Gasteiger charge is 2.30. The first kappa shape index (κ1) is 81.2. The Balaban J connectivity index is 0.874. The SMILES string of the molecule is CCN1CCN(CC(=O)O)CCN(C)CCN(C)C(Cc2ccc(NC(=S)NCCCC[C@H](NC(=O)CCOCCOCCOCCNC(=O)COc3ccc4c(C(=O)NCC(=O)N5CCC[C@@H]5C#N)ccnc4c3)C(=O)N[C@@H](CCCCNC(=O)Cc3ccc(I)cc3)C(=O)O)cc2)C1. The zero-order valence-electron chi connectivity index (χ0n) is 57.7. The molecule has 2 saturated heterocycles. The lowest BCUT2D eigenvalue weighted by molar-refractivity contribution is -0.142. The Morgan fingerprint density at radius 1 is 0.710 bits per heavy atom. The Hall–Kier alpha value is -7.74. The van der Waals surface area contributed by atoms with E-state index in [9.17, 15) is 53.8 Å². The van der Waals surface area contributed by atoms with Crippen molar-refractivity contribution >= 4 is 104 Å². The molecule has 0 aliphatic carbocycles. The number of aromatic nitrogens is 1. The normalized spacial score (nSPS) is 16.4. The average Bonchev–Trinajstić information content (AvgIpc) is 1.09. The van der Waals surface area contributed by atoms with Crippen LogP contribution in [0, 0.1) is 14.9 Å². The molecule has 6 amide bonds. The molecule has 2 aliphatic heterocycles. The number of nitrogens with one attached hydrogen (secondary N) is 7. The number of hydrogen-bond acceptors (Lipinski definition) is 19. The van der Waals surface area contributed by atoms with Crippen molar-refractivity contribution in [1.29, 1.82) is 5.26 Å². The van der Waals surface area contributed by atoms with Crippen LogP contribution in [-0.4, -0.2) is 268 Å². The molecule has 100 heavy (non-hydrogen) atoms. The van der Waals surface area contributed by atoms with Gasteiger partial charge in [0, 0.05) is 111 Å². The summed E-state index contributed by atoms with van der Waals surface area (Å²) in [4.78, 5) is 117. The molecule has 28 nitrogen and oxygen atoms in total. The second-order valence-electron chi connectivity index (χ2n) is 24.8. The number of unbranched alkanes of at least 4 members (excludes halogenated alkanes) is 2. The van der Waals surface area contributed by atoms with Gasteiger partial charge in [-0.2, -0.15) is 5.26 Å². The molecule has 2 fully saturated rings. The molecular weight excluding hydrogens is 1420 g/mol. The summed E-state index contributed by atoms with van der Waals surface area (Å²) in [5.41, 5.74) is 3.62. The van der Waals surface area contributed by atoms with Crippen molar-refractivity contribution in [2.75, 3.05) is 157 Å². The fourth-order valence-corrected chi connectivity index (χ4v) is 11.9. The van der Waals surface area contributed by atoms with E-state index in [2.05, 4.69) is 119 Å². The summed E-state index contributed by atoms with van der Waals surface area (Å²) >= 11 is 7.85. The Bertz CT molecular complexity index is 3320. The van der Waals surface area contributed by atoms with Crippen LogP contribution in [-0.2, 0) is 60.6 Å². The zero-order valence-corrected chi connectivity index (χ0v) is 60.6. The molecule has 30 heteroatoms. The third kappa shape index (κ3) is 30.6. The van der Waals surface area contributed by atoms with E-state index in [-0.39, 0.29) is 115 Å². The number of carboxylic acids is 2. The summed E-state index contributed by atoms with van der Waals surface area (Å²) in [5.74, 6) is -4.09. The fourth-order valence-electron chi connectivity index (χ4n) is 11.3. The Morgan fingerprint density at radius 2 is 1.37 bits per heavy atom.